The summed E-state index contributed by atoms with van der Waals surface area (Å²) in [6.45, 7) is 5.11. The van der Waals surface area contributed by atoms with E-state index in [0.29, 0.717) is 23.1 Å². The van der Waals surface area contributed by atoms with E-state index in [1.54, 1.807) is 6.92 Å². The number of ketones is 1. The summed E-state index contributed by atoms with van der Waals surface area (Å²) in [6.07, 6.45) is 2.62. The average Bonchev–Trinajstić information content (AvgIpc) is 3.68. The van der Waals surface area contributed by atoms with E-state index in [2.05, 4.69) is 34.5 Å². The van der Waals surface area contributed by atoms with Gasteiger partial charge in [-0.05, 0) is 67.0 Å². The summed E-state index contributed by atoms with van der Waals surface area (Å²) in [5, 5.41) is 4.92. The largest absolute Gasteiger partial charge is 0.341 e. The molecule has 0 aromatic heterocycles. The molecule has 1 N–H and O–H groups in total. The van der Waals surface area contributed by atoms with Crippen LogP contribution in [0.25, 0.3) is 0 Å². The van der Waals surface area contributed by atoms with E-state index in [4.69, 9.17) is 23.2 Å². The van der Waals surface area contributed by atoms with E-state index >= 15 is 0 Å². The molecule has 1 heterocycles. The van der Waals surface area contributed by atoms with Crippen LogP contribution in [-0.2, 0) is 27.1 Å². The van der Waals surface area contributed by atoms with Crippen molar-refractivity contribution in [2.24, 2.45) is 5.92 Å². The minimum atomic E-state index is -0.568. The van der Waals surface area contributed by atoms with Gasteiger partial charge in [-0.3, -0.25) is 9.59 Å². The molecule has 1 amide bonds. The Labute approximate surface area is 247 Å². The maximum atomic E-state index is 14.1. The molecule has 1 saturated heterocycles. The Morgan fingerprint density at radius 2 is 1.57 bits per heavy atom. The van der Waals surface area contributed by atoms with Crippen molar-refractivity contribution in [3.63, 3.8) is 0 Å². The summed E-state index contributed by atoms with van der Waals surface area (Å²) >= 11 is 12.6. The first-order valence-electron chi connectivity index (χ1n) is 14.0. The number of hydrogen-bond acceptors (Lipinski definition) is 4. The quantitative estimate of drug-likeness (QED) is 0.317. The molecule has 0 radical (unpaired) electrons. The molecular formula is C33H37Cl2N3O2. The Kier molecular flexibility index (Phi) is 8.67. The Bertz CT molecular complexity index is 1340. The second-order valence-electron chi connectivity index (χ2n) is 11.4. The molecule has 1 aliphatic heterocycles. The third-order valence-electron chi connectivity index (χ3n) is 8.75. The monoisotopic (exact) mass is 577 g/mol. The van der Waals surface area contributed by atoms with Crippen LogP contribution >= 0.6 is 23.2 Å². The molecule has 2 fully saturated rings. The van der Waals surface area contributed by atoms with Crippen molar-refractivity contribution in [1.82, 2.24) is 15.1 Å². The molecule has 0 spiro atoms. The minimum Gasteiger partial charge on any atom is -0.341 e. The first-order valence-corrected chi connectivity index (χ1v) is 14.8. The zero-order valence-corrected chi connectivity index (χ0v) is 24.7. The van der Waals surface area contributed by atoms with Crippen molar-refractivity contribution in [2.75, 3.05) is 33.2 Å². The first-order chi connectivity index (χ1) is 19.2. The Hall–Kier alpha value is -2.70. The third kappa shape index (κ3) is 5.99. The SMILES string of the molecule is CC(=O)CNC1(c2ccccc2)CCN(C[C@@H]2C[C@@]2(C(=O)N(C)Cc2ccccc2Cl)c2ccc(Cl)cc2)CC1. The summed E-state index contributed by atoms with van der Waals surface area (Å²) < 4.78 is 0. The predicted molar refractivity (Wildman–Crippen MR) is 162 cm³/mol. The summed E-state index contributed by atoms with van der Waals surface area (Å²) in [5.74, 6) is 0.477. The molecule has 7 heteroatoms. The van der Waals surface area contributed by atoms with E-state index in [1.807, 2.05) is 66.5 Å². The highest BCUT2D eigenvalue weighted by atomic mass is 35.5. The molecule has 1 saturated carbocycles. The number of benzene rings is 3. The molecule has 0 unspecified atom stereocenters. The van der Waals surface area contributed by atoms with Gasteiger partial charge in [-0.2, -0.15) is 0 Å². The number of nitrogens with one attached hydrogen (secondary N) is 1. The smallest absolute Gasteiger partial charge is 0.233 e. The lowest BCUT2D eigenvalue weighted by atomic mass is 9.80. The number of carbonyl (C=O) groups excluding carboxylic acids is 2. The van der Waals surface area contributed by atoms with Crippen LogP contribution < -0.4 is 5.32 Å². The van der Waals surface area contributed by atoms with Crippen LogP contribution in [0.3, 0.4) is 0 Å². The lowest BCUT2D eigenvalue weighted by Crippen LogP contribution is -2.52. The molecule has 5 nitrogen and oxygen atoms in total. The van der Waals surface area contributed by atoms with Gasteiger partial charge >= 0.3 is 0 Å². The van der Waals surface area contributed by atoms with Crippen LogP contribution in [0.5, 0.6) is 0 Å². The van der Waals surface area contributed by atoms with E-state index in [-0.39, 0.29) is 23.1 Å². The molecule has 3 aromatic carbocycles. The van der Waals surface area contributed by atoms with Gasteiger partial charge in [-0.25, -0.2) is 0 Å². The van der Waals surface area contributed by atoms with Gasteiger partial charge in [0.2, 0.25) is 5.91 Å². The number of likely N-dealkylation sites (N-methyl/N-ethyl adjacent to an activating group) is 1. The summed E-state index contributed by atoms with van der Waals surface area (Å²) in [4.78, 5) is 30.2. The molecule has 40 heavy (non-hydrogen) atoms. The van der Waals surface area contributed by atoms with Crippen LogP contribution in [0.1, 0.15) is 42.9 Å². The second kappa shape index (κ2) is 12.0. The van der Waals surface area contributed by atoms with Crippen LogP contribution in [-0.4, -0.2) is 54.7 Å². The van der Waals surface area contributed by atoms with Gasteiger partial charge in [0.05, 0.1) is 12.0 Å². The maximum absolute atomic E-state index is 14.1. The van der Waals surface area contributed by atoms with Gasteiger partial charge in [0.15, 0.2) is 0 Å². The predicted octanol–water partition coefficient (Wildman–Crippen LogP) is 6.08. The number of carbonyl (C=O) groups is 2. The fourth-order valence-electron chi connectivity index (χ4n) is 6.38. The van der Waals surface area contributed by atoms with Crippen LogP contribution in [0.2, 0.25) is 10.0 Å². The topological polar surface area (TPSA) is 52.7 Å². The number of rotatable bonds is 10. The molecule has 2 atom stereocenters. The second-order valence-corrected chi connectivity index (χ2v) is 12.3. The molecular weight excluding hydrogens is 541 g/mol. The van der Waals surface area contributed by atoms with Crippen molar-refractivity contribution < 1.29 is 9.59 Å². The highest BCUT2D eigenvalue weighted by Crippen LogP contribution is 2.56. The number of Topliss-reactive ketones (excluding diaryl/α,β-unsaturated/α-hetero) is 1. The zero-order chi connectivity index (χ0) is 28.3. The van der Waals surface area contributed by atoms with Crippen molar-refractivity contribution in [3.8, 4) is 0 Å². The number of hydrogen-bond donors (Lipinski definition) is 1. The summed E-state index contributed by atoms with van der Waals surface area (Å²) in [5.41, 5.74) is 2.41. The van der Waals surface area contributed by atoms with Crippen molar-refractivity contribution in [3.05, 3.63) is 106 Å². The molecule has 5 rings (SSSR count). The van der Waals surface area contributed by atoms with Crippen LogP contribution in [0.4, 0.5) is 0 Å². The lowest BCUT2D eigenvalue weighted by molar-refractivity contribution is -0.133. The molecule has 0 bridgehead atoms. The standard InChI is InChI=1S/C33H37Cl2N3O2/c1-24(39)21-36-32(26-9-4-3-5-10-26)16-18-38(19-17-32)23-28-20-33(28,27-12-14-29(34)15-13-27)31(40)37(2)22-25-8-6-7-11-30(25)35/h3-15,28,36H,16-23H2,1-2H3/t28-,33+/m0/s1. The lowest BCUT2D eigenvalue weighted by Gasteiger charge is -2.43. The van der Waals surface area contributed by atoms with Crippen molar-refractivity contribution in [2.45, 2.75) is 43.7 Å². The Balaban J connectivity index is 1.31. The molecule has 3 aromatic rings. The van der Waals surface area contributed by atoms with Gasteiger partial charge in [-0.1, -0.05) is 83.9 Å². The zero-order valence-electron chi connectivity index (χ0n) is 23.2. The number of piperidine rings is 1. The summed E-state index contributed by atoms with van der Waals surface area (Å²) in [6, 6.07) is 25.9. The van der Waals surface area contributed by atoms with Crippen molar-refractivity contribution in [1.29, 1.82) is 0 Å². The number of nitrogens with zero attached hydrogens (tertiary/aromatic N) is 2. The van der Waals surface area contributed by atoms with E-state index < -0.39 is 5.41 Å². The van der Waals surface area contributed by atoms with Gasteiger partial charge < -0.3 is 15.1 Å². The van der Waals surface area contributed by atoms with Crippen LogP contribution in [0, 0.1) is 5.92 Å². The van der Waals surface area contributed by atoms with E-state index in [1.165, 1.54) is 5.56 Å². The van der Waals surface area contributed by atoms with Gasteiger partial charge in [-0.15, -0.1) is 0 Å². The van der Waals surface area contributed by atoms with E-state index in [9.17, 15) is 9.59 Å². The number of amides is 1. The molecule has 1 aliphatic carbocycles. The molecule has 210 valence electrons. The number of likely N-dealkylation sites (tertiary alicyclic amines) is 1. The average molecular weight is 579 g/mol. The molecule has 2 aliphatic rings. The number of halogens is 2. The normalized spacial score (nSPS) is 22.1. The highest BCUT2D eigenvalue weighted by molar-refractivity contribution is 6.31. The van der Waals surface area contributed by atoms with E-state index in [0.717, 1.165) is 50.0 Å². The summed E-state index contributed by atoms with van der Waals surface area (Å²) in [7, 11) is 1.87. The van der Waals surface area contributed by atoms with Gasteiger partial charge in [0.1, 0.15) is 5.78 Å². The fourth-order valence-corrected chi connectivity index (χ4v) is 6.70. The van der Waals surface area contributed by atoms with Crippen molar-refractivity contribution >= 4 is 34.9 Å². The fraction of sp³-hybridized carbons (Fsp3) is 0.394. The highest BCUT2D eigenvalue weighted by Gasteiger charge is 2.62. The third-order valence-corrected chi connectivity index (χ3v) is 9.37. The minimum absolute atomic E-state index is 0.124. The maximum Gasteiger partial charge on any atom is 0.233 e. The van der Waals surface area contributed by atoms with Crippen LogP contribution in [0.15, 0.2) is 78.9 Å². The van der Waals surface area contributed by atoms with Gasteiger partial charge in [0.25, 0.3) is 0 Å². The Morgan fingerprint density at radius 3 is 2.23 bits per heavy atom. The van der Waals surface area contributed by atoms with Gasteiger partial charge in [0, 0.05) is 48.8 Å². The Morgan fingerprint density at radius 1 is 0.925 bits per heavy atom. The first kappa shape index (κ1) is 28.8.